The number of rotatable bonds is 4. The van der Waals surface area contributed by atoms with Crippen LogP contribution in [0.2, 0.25) is 0 Å². The lowest BCUT2D eigenvalue weighted by Crippen LogP contribution is -2.36. The van der Waals surface area contributed by atoms with Crippen molar-refractivity contribution >= 4 is 21.6 Å². The summed E-state index contributed by atoms with van der Waals surface area (Å²) in [7, 11) is 0. The molecule has 3 N–H and O–H groups in total. The van der Waals surface area contributed by atoms with Crippen molar-refractivity contribution in [1.29, 1.82) is 0 Å². The molecule has 0 aromatic heterocycles. The molecule has 3 nitrogen and oxygen atoms in total. The fourth-order valence-electron chi connectivity index (χ4n) is 2.76. The highest BCUT2D eigenvalue weighted by Gasteiger charge is 2.21. The summed E-state index contributed by atoms with van der Waals surface area (Å²) in [5, 5.41) is 9.09. The molecule has 0 bridgehead atoms. The van der Waals surface area contributed by atoms with Gasteiger partial charge >= 0.3 is 0 Å². The van der Waals surface area contributed by atoms with E-state index in [-0.39, 0.29) is 6.04 Å². The van der Waals surface area contributed by atoms with Gasteiger partial charge in [0.05, 0.1) is 5.69 Å². The van der Waals surface area contributed by atoms with Crippen LogP contribution in [0.5, 0.6) is 0 Å². The molecule has 1 heterocycles. The number of hydrogen-bond donors (Lipinski definition) is 2. The second-order valence-electron chi connectivity index (χ2n) is 5.47. The Hall–Kier alpha value is -0.580. The molecule has 1 aromatic rings. The summed E-state index contributed by atoms with van der Waals surface area (Å²) in [6.07, 6.45) is 3.34. The third kappa shape index (κ3) is 3.71. The van der Waals surface area contributed by atoms with E-state index in [1.54, 1.807) is 0 Å². The Morgan fingerprint density at radius 2 is 2.32 bits per heavy atom. The quantitative estimate of drug-likeness (QED) is 0.894. The molecule has 1 fully saturated rings. The molecule has 2 atom stereocenters. The molecule has 1 aliphatic heterocycles. The lowest BCUT2D eigenvalue weighted by molar-refractivity contribution is 0.244. The van der Waals surface area contributed by atoms with Crippen LogP contribution in [0.25, 0.3) is 0 Å². The molecular formula is C15H23BrN2O. The number of aliphatic hydroxyl groups excluding tert-OH is 1. The predicted molar refractivity (Wildman–Crippen MR) is 83.4 cm³/mol. The van der Waals surface area contributed by atoms with Crippen molar-refractivity contribution in [2.75, 3.05) is 24.6 Å². The van der Waals surface area contributed by atoms with Crippen LogP contribution in [0.15, 0.2) is 22.7 Å². The zero-order valence-electron chi connectivity index (χ0n) is 11.5. The number of aliphatic hydroxyl groups is 1. The van der Waals surface area contributed by atoms with Crippen LogP contribution >= 0.6 is 15.9 Å². The summed E-state index contributed by atoms with van der Waals surface area (Å²) in [6.45, 7) is 4.43. The van der Waals surface area contributed by atoms with Gasteiger partial charge in [-0.25, -0.2) is 0 Å². The van der Waals surface area contributed by atoms with Gasteiger partial charge in [0.25, 0.3) is 0 Å². The van der Waals surface area contributed by atoms with E-state index in [9.17, 15) is 0 Å². The average Bonchev–Trinajstić information content (AvgIpc) is 2.39. The molecular weight excluding hydrogens is 304 g/mol. The molecule has 4 heteroatoms. The lowest BCUT2D eigenvalue weighted by Gasteiger charge is -2.35. The first kappa shape index (κ1) is 14.8. The lowest BCUT2D eigenvalue weighted by atomic mass is 9.94. The maximum absolute atomic E-state index is 9.09. The number of halogens is 1. The Morgan fingerprint density at radius 3 is 2.95 bits per heavy atom. The van der Waals surface area contributed by atoms with Crippen LogP contribution in [0.3, 0.4) is 0 Å². The van der Waals surface area contributed by atoms with Crippen LogP contribution < -0.4 is 10.6 Å². The van der Waals surface area contributed by atoms with Gasteiger partial charge in [0.15, 0.2) is 0 Å². The molecule has 0 radical (unpaired) electrons. The summed E-state index contributed by atoms with van der Waals surface area (Å²) in [4.78, 5) is 2.42. The van der Waals surface area contributed by atoms with E-state index in [1.165, 1.54) is 18.5 Å². The maximum Gasteiger partial charge on any atom is 0.0510 e. The minimum atomic E-state index is 0.0637. The zero-order chi connectivity index (χ0) is 13.8. The molecule has 0 saturated carbocycles. The normalized spacial score (nSPS) is 21.5. The highest BCUT2D eigenvalue weighted by atomic mass is 79.9. The van der Waals surface area contributed by atoms with Gasteiger partial charge in [0.1, 0.15) is 0 Å². The van der Waals surface area contributed by atoms with E-state index in [1.807, 2.05) is 6.92 Å². The largest absolute Gasteiger partial charge is 0.396 e. The van der Waals surface area contributed by atoms with Gasteiger partial charge in [-0.1, -0.05) is 6.07 Å². The van der Waals surface area contributed by atoms with Gasteiger partial charge in [-0.15, -0.1) is 0 Å². The summed E-state index contributed by atoms with van der Waals surface area (Å²) in [5.41, 5.74) is 8.31. The third-order valence-corrected chi connectivity index (χ3v) is 4.53. The standard InChI is InChI=1S/C15H23BrN2O/c1-11(17)13-4-5-15(14(16)9-13)18-7-2-3-12(10-18)6-8-19/h4-5,9,11-12,19H,2-3,6-8,10,17H2,1H3/t11-,12?/m0/s1. The number of anilines is 1. The van der Waals surface area contributed by atoms with Gasteiger partial charge in [-0.05, 0) is 65.7 Å². The van der Waals surface area contributed by atoms with Crippen molar-refractivity contribution in [2.45, 2.75) is 32.2 Å². The monoisotopic (exact) mass is 326 g/mol. The second-order valence-corrected chi connectivity index (χ2v) is 6.32. The van der Waals surface area contributed by atoms with Gasteiger partial charge in [-0.2, -0.15) is 0 Å². The molecule has 1 aromatic carbocycles. The minimum absolute atomic E-state index is 0.0637. The van der Waals surface area contributed by atoms with Crippen LogP contribution in [-0.4, -0.2) is 24.8 Å². The molecule has 0 spiro atoms. The Bertz CT molecular complexity index is 421. The number of piperidine rings is 1. The third-order valence-electron chi connectivity index (χ3n) is 3.89. The first-order valence-electron chi connectivity index (χ1n) is 7.02. The fraction of sp³-hybridized carbons (Fsp3) is 0.600. The van der Waals surface area contributed by atoms with Crippen LogP contribution in [0.4, 0.5) is 5.69 Å². The molecule has 1 saturated heterocycles. The highest BCUT2D eigenvalue weighted by Crippen LogP contribution is 2.32. The van der Waals surface area contributed by atoms with Crippen LogP contribution in [-0.2, 0) is 0 Å². The molecule has 19 heavy (non-hydrogen) atoms. The van der Waals surface area contributed by atoms with Crippen molar-refractivity contribution in [3.8, 4) is 0 Å². The van der Waals surface area contributed by atoms with Gasteiger partial charge in [0, 0.05) is 30.2 Å². The fourth-order valence-corrected chi connectivity index (χ4v) is 3.41. The number of benzene rings is 1. The van der Waals surface area contributed by atoms with Crippen LogP contribution in [0, 0.1) is 5.92 Å². The first-order valence-corrected chi connectivity index (χ1v) is 7.82. The highest BCUT2D eigenvalue weighted by molar-refractivity contribution is 9.10. The smallest absolute Gasteiger partial charge is 0.0510 e. The number of nitrogens with zero attached hydrogens (tertiary/aromatic N) is 1. The summed E-state index contributed by atoms with van der Waals surface area (Å²) in [5.74, 6) is 0.610. The van der Waals surface area contributed by atoms with Crippen LogP contribution in [0.1, 0.15) is 37.8 Å². The molecule has 2 rings (SSSR count). The van der Waals surface area contributed by atoms with Crippen molar-refractivity contribution in [3.05, 3.63) is 28.2 Å². The topological polar surface area (TPSA) is 49.5 Å². The number of nitrogens with two attached hydrogens (primary N) is 1. The second kappa shape index (κ2) is 6.73. The predicted octanol–water partition coefficient (Wildman–Crippen LogP) is 3.07. The van der Waals surface area contributed by atoms with Crippen molar-refractivity contribution in [1.82, 2.24) is 0 Å². The van der Waals surface area contributed by atoms with E-state index < -0.39 is 0 Å². The van der Waals surface area contributed by atoms with Crippen molar-refractivity contribution in [2.24, 2.45) is 11.7 Å². The minimum Gasteiger partial charge on any atom is -0.396 e. The Labute approximate surface area is 123 Å². The molecule has 1 aliphatic rings. The summed E-state index contributed by atoms with van der Waals surface area (Å²) in [6, 6.07) is 6.45. The van der Waals surface area contributed by atoms with Crippen molar-refractivity contribution in [3.63, 3.8) is 0 Å². The van der Waals surface area contributed by atoms with Gasteiger partial charge in [-0.3, -0.25) is 0 Å². The van der Waals surface area contributed by atoms with E-state index in [0.29, 0.717) is 12.5 Å². The molecule has 0 aliphatic carbocycles. The summed E-state index contributed by atoms with van der Waals surface area (Å²) >= 11 is 3.66. The molecule has 0 amide bonds. The summed E-state index contributed by atoms with van der Waals surface area (Å²) < 4.78 is 1.12. The van der Waals surface area contributed by atoms with Crippen molar-refractivity contribution < 1.29 is 5.11 Å². The molecule has 106 valence electrons. The Balaban J connectivity index is 2.12. The van der Waals surface area contributed by atoms with E-state index in [0.717, 1.165) is 29.5 Å². The average molecular weight is 327 g/mol. The van der Waals surface area contributed by atoms with E-state index >= 15 is 0 Å². The SMILES string of the molecule is C[C@H](N)c1ccc(N2CCCC(CCO)C2)c(Br)c1. The van der Waals surface area contributed by atoms with E-state index in [2.05, 4.69) is 39.0 Å². The van der Waals surface area contributed by atoms with Gasteiger partial charge in [0.2, 0.25) is 0 Å². The van der Waals surface area contributed by atoms with E-state index in [4.69, 9.17) is 10.8 Å². The maximum atomic E-state index is 9.09. The Kier molecular flexibility index (Phi) is 5.25. The first-order chi connectivity index (χ1) is 9.11. The molecule has 1 unspecified atom stereocenters. The van der Waals surface area contributed by atoms with Gasteiger partial charge < -0.3 is 15.7 Å². The number of hydrogen-bond acceptors (Lipinski definition) is 3. The zero-order valence-corrected chi connectivity index (χ0v) is 13.1. The Morgan fingerprint density at radius 1 is 1.53 bits per heavy atom.